The Morgan fingerprint density at radius 1 is 1.17 bits per heavy atom. The SMILES string of the molecule is Nc1c(C(=O)O)cccc1C(=O)CC(N)C(=O)O. The molecule has 96 valence electrons. The van der Waals surface area contributed by atoms with Crippen LogP contribution in [0.5, 0.6) is 0 Å². The molecule has 1 aromatic carbocycles. The number of carboxylic acid groups (broad SMARTS) is 2. The van der Waals surface area contributed by atoms with Gasteiger partial charge in [-0.25, -0.2) is 4.79 Å². The standard InChI is InChI=1S/C11H12N2O5/c12-7(11(17)18)4-8(14)5-2-1-3-6(9(5)13)10(15)16/h1-3,7H,4,12-13H2,(H,15,16)(H,17,18). The highest BCUT2D eigenvalue weighted by molar-refractivity contribution is 6.07. The van der Waals surface area contributed by atoms with Gasteiger partial charge in [0.25, 0.3) is 0 Å². The number of aromatic carboxylic acids is 1. The number of carbonyl (C=O) groups is 3. The van der Waals surface area contributed by atoms with Gasteiger partial charge >= 0.3 is 11.9 Å². The lowest BCUT2D eigenvalue weighted by Gasteiger charge is -2.09. The topological polar surface area (TPSA) is 144 Å². The zero-order chi connectivity index (χ0) is 13.9. The van der Waals surface area contributed by atoms with Crippen LogP contribution in [0.25, 0.3) is 0 Å². The zero-order valence-electron chi connectivity index (χ0n) is 9.29. The second-order valence-corrected chi connectivity index (χ2v) is 3.64. The summed E-state index contributed by atoms with van der Waals surface area (Å²) in [6.07, 6.45) is -0.442. The van der Waals surface area contributed by atoms with Gasteiger partial charge in [0, 0.05) is 12.0 Å². The summed E-state index contributed by atoms with van der Waals surface area (Å²) < 4.78 is 0. The Morgan fingerprint density at radius 3 is 2.22 bits per heavy atom. The van der Waals surface area contributed by atoms with Crippen molar-refractivity contribution < 1.29 is 24.6 Å². The lowest BCUT2D eigenvalue weighted by atomic mass is 9.99. The smallest absolute Gasteiger partial charge is 0.337 e. The third-order valence-electron chi connectivity index (χ3n) is 2.36. The number of carboxylic acids is 2. The summed E-state index contributed by atoms with van der Waals surface area (Å²) in [4.78, 5) is 33.1. The molecule has 18 heavy (non-hydrogen) atoms. The fraction of sp³-hybridized carbons (Fsp3) is 0.182. The van der Waals surface area contributed by atoms with Gasteiger partial charge in [-0.2, -0.15) is 0 Å². The van der Waals surface area contributed by atoms with Gasteiger partial charge in [0.05, 0.1) is 11.3 Å². The molecule has 0 heterocycles. The second kappa shape index (κ2) is 5.28. The Morgan fingerprint density at radius 2 is 1.72 bits per heavy atom. The monoisotopic (exact) mass is 252 g/mol. The number of carbonyl (C=O) groups excluding carboxylic acids is 1. The molecule has 7 nitrogen and oxygen atoms in total. The Hall–Kier alpha value is -2.41. The highest BCUT2D eigenvalue weighted by atomic mass is 16.4. The molecule has 1 rings (SSSR count). The molecule has 0 fully saturated rings. The largest absolute Gasteiger partial charge is 0.480 e. The van der Waals surface area contributed by atoms with Crippen molar-refractivity contribution in [2.24, 2.45) is 5.73 Å². The first kappa shape index (κ1) is 13.7. The Kier molecular flexibility index (Phi) is 4.01. The number of anilines is 1. The van der Waals surface area contributed by atoms with Gasteiger partial charge < -0.3 is 21.7 Å². The molecule has 6 N–H and O–H groups in total. The molecule has 0 spiro atoms. The fourth-order valence-electron chi connectivity index (χ4n) is 1.39. The van der Waals surface area contributed by atoms with E-state index < -0.39 is 30.2 Å². The van der Waals surface area contributed by atoms with E-state index in [0.717, 1.165) is 0 Å². The van der Waals surface area contributed by atoms with Crippen LogP contribution in [-0.4, -0.2) is 34.0 Å². The van der Waals surface area contributed by atoms with E-state index in [1.54, 1.807) is 0 Å². The molecule has 0 saturated heterocycles. The van der Waals surface area contributed by atoms with Crippen molar-refractivity contribution >= 4 is 23.4 Å². The minimum Gasteiger partial charge on any atom is -0.480 e. The quantitative estimate of drug-likeness (QED) is 0.424. The van der Waals surface area contributed by atoms with Crippen molar-refractivity contribution in [3.63, 3.8) is 0 Å². The third-order valence-corrected chi connectivity index (χ3v) is 2.36. The van der Waals surface area contributed by atoms with Crippen LogP contribution in [0, 0.1) is 0 Å². The molecule has 0 aliphatic heterocycles. The Balaban J connectivity index is 3.04. The first-order valence-corrected chi connectivity index (χ1v) is 4.98. The minimum absolute atomic E-state index is 0.0356. The third kappa shape index (κ3) is 2.83. The van der Waals surface area contributed by atoms with Gasteiger partial charge in [-0.3, -0.25) is 9.59 Å². The number of benzene rings is 1. The van der Waals surface area contributed by atoms with E-state index in [-0.39, 0.29) is 16.8 Å². The molecule has 1 unspecified atom stereocenters. The van der Waals surface area contributed by atoms with Crippen LogP contribution in [0.2, 0.25) is 0 Å². The molecular weight excluding hydrogens is 240 g/mol. The number of aliphatic carboxylic acids is 1. The summed E-state index contributed by atoms with van der Waals surface area (Å²) in [6, 6.07) is 2.61. The summed E-state index contributed by atoms with van der Waals surface area (Å²) in [5, 5.41) is 17.4. The van der Waals surface area contributed by atoms with Crippen LogP contribution in [0.3, 0.4) is 0 Å². The molecule has 0 aromatic heterocycles. The van der Waals surface area contributed by atoms with Crippen molar-refractivity contribution in [3.8, 4) is 0 Å². The molecule has 1 atom stereocenters. The number of nitrogens with two attached hydrogens (primary N) is 2. The molecule has 0 radical (unpaired) electrons. The predicted molar refractivity (Wildman–Crippen MR) is 62.4 cm³/mol. The molecule has 0 aliphatic rings. The fourth-order valence-corrected chi connectivity index (χ4v) is 1.39. The van der Waals surface area contributed by atoms with Crippen LogP contribution >= 0.6 is 0 Å². The highest BCUT2D eigenvalue weighted by Gasteiger charge is 2.21. The summed E-state index contributed by atoms with van der Waals surface area (Å²) >= 11 is 0. The van der Waals surface area contributed by atoms with Gasteiger partial charge in [-0.1, -0.05) is 6.07 Å². The molecular formula is C11H12N2O5. The Labute approximate surface area is 102 Å². The number of rotatable bonds is 5. The number of hydrogen-bond donors (Lipinski definition) is 4. The molecule has 0 bridgehead atoms. The van der Waals surface area contributed by atoms with E-state index in [1.807, 2.05) is 0 Å². The molecule has 1 aromatic rings. The number of ketones is 1. The molecule has 0 aliphatic carbocycles. The van der Waals surface area contributed by atoms with Crippen LogP contribution < -0.4 is 11.5 Å². The van der Waals surface area contributed by atoms with E-state index >= 15 is 0 Å². The average molecular weight is 252 g/mol. The minimum atomic E-state index is -1.34. The van der Waals surface area contributed by atoms with Crippen LogP contribution in [0.4, 0.5) is 5.69 Å². The molecule has 0 amide bonds. The van der Waals surface area contributed by atoms with Gasteiger partial charge in [-0.15, -0.1) is 0 Å². The second-order valence-electron chi connectivity index (χ2n) is 3.64. The van der Waals surface area contributed by atoms with Crippen molar-refractivity contribution in [2.45, 2.75) is 12.5 Å². The summed E-state index contributed by atoms with van der Waals surface area (Å²) in [7, 11) is 0. The predicted octanol–water partition coefficient (Wildman–Crippen LogP) is -0.0483. The van der Waals surface area contributed by atoms with Crippen molar-refractivity contribution in [3.05, 3.63) is 29.3 Å². The van der Waals surface area contributed by atoms with Gasteiger partial charge in [0.2, 0.25) is 0 Å². The first-order chi connectivity index (χ1) is 8.34. The number of Topliss-reactive ketones (excluding diaryl/α,β-unsaturated/α-hetero) is 1. The lowest BCUT2D eigenvalue weighted by molar-refractivity contribution is -0.138. The van der Waals surface area contributed by atoms with Crippen LogP contribution in [-0.2, 0) is 4.79 Å². The molecule has 7 heteroatoms. The summed E-state index contributed by atoms with van der Waals surface area (Å²) in [5.41, 5.74) is 10.3. The van der Waals surface area contributed by atoms with Crippen molar-refractivity contribution in [1.29, 1.82) is 0 Å². The summed E-state index contributed by atoms with van der Waals surface area (Å²) in [6.45, 7) is 0. The van der Waals surface area contributed by atoms with Gasteiger partial charge in [0.15, 0.2) is 5.78 Å². The summed E-state index contributed by atoms with van der Waals surface area (Å²) in [5.74, 6) is -3.17. The zero-order valence-corrected chi connectivity index (χ0v) is 9.29. The lowest BCUT2D eigenvalue weighted by Crippen LogP contribution is -2.32. The highest BCUT2D eigenvalue weighted by Crippen LogP contribution is 2.19. The van der Waals surface area contributed by atoms with E-state index in [0.29, 0.717) is 0 Å². The van der Waals surface area contributed by atoms with Crippen LogP contribution in [0.1, 0.15) is 27.1 Å². The Bertz CT molecular complexity index is 512. The number of nitrogen functional groups attached to an aromatic ring is 1. The van der Waals surface area contributed by atoms with Crippen LogP contribution in [0.15, 0.2) is 18.2 Å². The normalized spacial score (nSPS) is 11.8. The first-order valence-electron chi connectivity index (χ1n) is 4.98. The van der Waals surface area contributed by atoms with E-state index in [1.165, 1.54) is 18.2 Å². The van der Waals surface area contributed by atoms with Gasteiger partial charge in [0.1, 0.15) is 6.04 Å². The van der Waals surface area contributed by atoms with Crippen molar-refractivity contribution in [2.75, 3.05) is 5.73 Å². The van der Waals surface area contributed by atoms with Gasteiger partial charge in [-0.05, 0) is 12.1 Å². The molecule has 0 saturated carbocycles. The van der Waals surface area contributed by atoms with Crippen molar-refractivity contribution in [1.82, 2.24) is 0 Å². The van der Waals surface area contributed by atoms with E-state index in [4.69, 9.17) is 21.7 Å². The van der Waals surface area contributed by atoms with E-state index in [2.05, 4.69) is 0 Å². The maximum atomic E-state index is 11.7. The maximum absolute atomic E-state index is 11.7. The maximum Gasteiger partial charge on any atom is 0.337 e. The average Bonchev–Trinajstić information content (AvgIpc) is 2.28. The number of hydrogen-bond acceptors (Lipinski definition) is 5. The number of para-hydroxylation sites is 1. The van der Waals surface area contributed by atoms with E-state index in [9.17, 15) is 14.4 Å².